The summed E-state index contributed by atoms with van der Waals surface area (Å²) >= 11 is 0. The van der Waals surface area contributed by atoms with E-state index >= 15 is 0 Å². The van der Waals surface area contributed by atoms with Crippen molar-refractivity contribution in [1.82, 2.24) is 9.97 Å². The molecule has 0 spiro atoms. The van der Waals surface area contributed by atoms with Gasteiger partial charge in [-0.3, -0.25) is 5.32 Å². The largest absolute Gasteiger partial charge is 0.453 e. The molecule has 0 fully saturated rings. The second-order valence-electron chi connectivity index (χ2n) is 5.23. The number of aromatic amines is 1. The van der Waals surface area contributed by atoms with E-state index in [4.69, 9.17) is 4.18 Å². The number of anilines is 1. The molecular formula is C16H15N3O5S. The summed E-state index contributed by atoms with van der Waals surface area (Å²) in [6, 6.07) is 11.0. The van der Waals surface area contributed by atoms with E-state index in [1.165, 1.54) is 31.4 Å². The Hall–Kier alpha value is -3.07. The molecule has 2 aromatic carbocycles. The number of amides is 1. The Bertz CT molecular complexity index is 1040. The maximum atomic E-state index is 12.4. The van der Waals surface area contributed by atoms with Crippen LogP contribution in [0.4, 0.5) is 10.7 Å². The summed E-state index contributed by atoms with van der Waals surface area (Å²) in [5, 5.41) is 2.39. The second kappa shape index (κ2) is 6.44. The minimum Gasteiger partial charge on any atom is -0.453 e. The van der Waals surface area contributed by atoms with E-state index in [9.17, 15) is 13.2 Å². The molecule has 8 nitrogen and oxygen atoms in total. The number of nitrogens with one attached hydrogen (secondary N) is 2. The van der Waals surface area contributed by atoms with Gasteiger partial charge in [-0.15, -0.1) is 0 Å². The average molecular weight is 361 g/mol. The normalized spacial score (nSPS) is 11.3. The van der Waals surface area contributed by atoms with Crippen LogP contribution in [0.5, 0.6) is 5.75 Å². The lowest BCUT2D eigenvalue weighted by Gasteiger charge is -2.07. The maximum Gasteiger partial charge on any atom is 0.413 e. The van der Waals surface area contributed by atoms with Crippen LogP contribution in [-0.4, -0.2) is 31.6 Å². The van der Waals surface area contributed by atoms with Gasteiger partial charge in [0.25, 0.3) is 0 Å². The first-order valence-corrected chi connectivity index (χ1v) is 8.64. The minimum absolute atomic E-state index is 0.0743. The van der Waals surface area contributed by atoms with Gasteiger partial charge in [-0.05, 0) is 36.8 Å². The first-order valence-electron chi connectivity index (χ1n) is 7.23. The summed E-state index contributed by atoms with van der Waals surface area (Å²) in [6.45, 7) is 1.80. The van der Waals surface area contributed by atoms with Gasteiger partial charge in [0.2, 0.25) is 5.95 Å². The number of carbonyl (C=O) groups is 1. The number of ether oxygens (including phenoxy) is 1. The molecule has 0 unspecified atom stereocenters. The van der Waals surface area contributed by atoms with Gasteiger partial charge >= 0.3 is 16.2 Å². The van der Waals surface area contributed by atoms with Crippen molar-refractivity contribution in [3.05, 3.63) is 48.0 Å². The average Bonchev–Trinajstić information content (AvgIpc) is 2.95. The standard InChI is InChI=1S/C16H15N3O5S/c1-10-4-3-5-12(8-10)25(21,22)24-11-6-7-13-14(9-11)18-15(17-13)19-16(20)23-2/h3-9H,1-2H3,(H2,17,18,19,20). The molecule has 0 saturated carbocycles. The summed E-state index contributed by atoms with van der Waals surface area (Å²) < 4.78 is 34.4. The number of fused-ring (bicyclic) bond motifs is 1. The summed E-state index contributed by atoms with van der Waals surface area (Å²) in [5.41, 5.74) is 1.85. The van der Waals surface area contributed by atoms with Crippen molar-refractivity contribution in [3.63, 3.8) is 0 Å². The molecule has 9 heteroatoms. The third kappa shape index (κ3) is 3.72. The highest BCUT2D eigenvalue weighted by molar-refractivity contribution is 7.87. The van der Waals surface area contributed by atoms with Gasteiger partial charge in [-0.25, -0.2) is 9.78 Å². The van der Waals surface area contributed by atoms with Gasteiger partial charge in [0.05, 0.1) is 18.1 Å². The van der Waals surface area contributed by atoms with E-state index in [-0.39, 0.29) is 16.6 Å². The third-order valence-electron chi connectivity index (χ3n) is 3.34. The first-order chi connectivity index (χ1) is 11.9. The number of benzene rings is 2. The van der Waals surface area contributed by atoms with E-state index in [0.717, 1.165) is 5.56 Å². The van der Waals surface area contributed by atoms with Crippen molar-refractivity contribution in [2.45, 2.75) is 11.8 Å². The molecule has 3 rings (SSSR count). The predicted molar refractivity (Wildman–Crippen MR) is 91.1 cm³/mol. The number of aryl methyl sites for hydroxylation is 1. The van der Waals surface area contributed by atoms with E-state index in [2.05, 4.69) is 20.0 Å². The van der Waals surface area contributed by atoms with Crippen molar-refractivity contribution in [2.24, 2.45) is 0 Å². The number of imidazole rings is 1. The quantitative estimate of drug-likeness (QED) is 0.691. The Balaban J connectivity index is 1.87. The molecule has 25 heavy (non-hydrogen) atoms. The van der Waals surface area contributed by atoms with E-state index in [0.29, 0.717) is 11.0 Å². The van der Waals surface area contributed by atoms with Crippen LogP contribution in [-0.2, 0) is 14.9 Å². The van der Waals surface area contributed by atoms with Gasteiger partial charge in [0, 0.05) is 6.07 Å². The van der Waals surface area contributed by atoms with Crippen molar-refractivity contribution in [1.29, 1.82) is 0 Å². The molecule has 1 heterocycles. The molecule has 0 bridgehead atoms. The van der Waals surface area contributed by atoms with Crippen LogP contribution in [0.3, 0.4) is 0 Å². The third-order valence-corrected chi connectivity index (χ3v) is 4.59. The Morgan fingerprint density at radius 2 is 2.00 bits per heavy atom. The van der Waals surface area contributed by atoms with Crippen LogP contribution in [0.15, 0.2) is 47.4 Å². The highest BCUT2D eigenvalue weighted by Crippen LogP contribution is 2.24. The van der Waals surface area contributed by atoms with Gasteiger partial charge in [0.15, 0.2) is 0 Å². The molecule has 0 radical (unpaired) electrons. The molecule has 0 saturated heterocycles. The van der Waals surface area contributed by atoms with E-state index in [1.54, 1.807) is 25.1 Å². The topological polar surface area (TPSA) is 110 Å². The summed E-state index contributed by atoms with van der Waals surface area (Å²) in [5.74, 6) is 0.308. The molecule has 0 aliphatic rings. The van der Waals surface area contributed by atoms with Crippen molar-refractivity contribution < 1.29 is 22.1 Å². The van der Waals surface area contributed by atoms with Gasteiger partial charge < -0.3 is 13.9 Å². The Morgan fingerprint density at radius 3 is 2.72 bits per heavy atom. The van der Waals surface area contributed by atoms with Crippen LogP contribution in [0, 0.1) is 6.92 Å². The first kappa shape index (κ1) is 16.8. The lowest BCUT2D eigenvalue weighted by Crippen LogP contribution is -2.11. The summed E-state index contributed by atoms with van der Waals surface area (Å²) in [6.07, 6.45) is -0.669. The molecule has 0 atom stereocenters. The monoisotopic (exact) mass is 361 g/mol. The molecule has 130 valence electrons. The summed E-state index contributed by atoms with van der Waals surface area (Å²) in [7, 11) is -2.71. The number of carbonyl (C=O) groups excluding carboxylic acids is 1. The molecular weight excluding hydrogens is 346 g/mol. The lowest BCUT2D eigenvalue weighted by atomic mass is 10.2. The number of methoxy groups -OCH3 is 1. The molecule has 0 aliphatic heterocycles. The van der Waals surface area contributed by atoms with Crippen LogP contribution in [0.2, 0.25) is 0 Å². The Morgan fingerprint density at radius 1 is 1.20 bits per heavy atom. The number of nitrogens with zero attached hydrogens (tertiary/aromatic N) is 1. The zero-order valence-electron chi connectivity index (χ0n) is 13.4. The van der Waals surface area contributed by atoms with Gasteiger partial charge in [-0.2, -0.15) is 8.42 Å². The van der Waals surface area contributed by atoms with Crippen molar-refractivity contribution >= 4 is 33.2 Å². The SMILES string of the molecule is COC(=O)Nc1nc2ccc(OS(=O)(=O)c3cccc(C)c3)cc2[nH]1. The number of aromatic nitrogens is 2. The Kier molecular flexibility index (Phi) is 4.32. The van der Waals surface area contributed by atoms with Crippen LogP contribution in [0.1, 0.15) is 5.56 Å². The number of hydrogen-bond donors (Lipinski definition) is 2. The molecule has 0 aliphatic carbocycles. The number of H-pyrrole nitrogens is 1. The lowest BCUT2D eigenvalue weighted by molar-refractivity contribution is 0.186. The fraction of sp³-hybridized carbons (Fsp3) is 0.125. The predicted octanol–water partition coefficient (Wildman–Crippen LogP) is 2.82. The molecule has 3 aromatic rings. The summed E-state index contributed by atoms with van der Waals surface area (Å²) in [4.78, 5) is 18.2. The zero-order chi connectivity index (χ0) is 18.0. The smallest absolute Gasteiger partial charge is 0.413 e. The van der Waals surface area contributed by atoms with E-state index < -0.39 is 16.2 Å². The van der Waals surface area contributed by atoms with Crippen molar-refractivity contribution in [3.8, 4) is 5.75 Å². The van der Waals surface area contributed by atoms with Crippen LogP contribution < -0.4 is 9.50 Å². The molecule has 1 amide bonds. The van der Waals surface area contributed by atoms with Crippen molar-refractivity contribution in [2.75, 3.05) is 12.4 Å². The van der Waals surface area contributed by atoms with Crippen LogP contribution in [0.25, 0.3) is 11.0 Å². The fourth-order valence-corrected chi connectivity index (χ4v) is 3.22. The van der Waals surface area contributed by atoms with E-state index in [1.807, 2.05) is 0 Å². The fourth-order valence-electron chi connectivity index (χ4n) is 2.19. The maximum absolute atomic E-state index is 12.4. The highest BCUT2D eigenvalue weighted by Gasteiger charge is 2.17. The van der Waals surface area contributed by atoms with Gasteiger partial charge in [0.1, 0.15) is 10.6 Å². The highest BCUT2D eigenvalue weighted by atomic mass is 32.2. The molecule has 1 aromatic heterocycles. The minimum atomic E-state index is -3.94. The molecule has 2 N–H and O–H groups in total. The number of hydrogen-bond acceptors (Lipinski definition) is 6. The zero-order valence-corrected chi connectivity index (χ0v) is 14.3. The van der Waals surface area contributed by atoms with Crippen LogP contribution >= 0.6 is 0 Å². The second-order valence-corrected chi connectivity index (χ2v) is 6.78. The van der Waals surface area contributed by atoms with Gasteiger partial charge in [-0.1, -0.05) is 12.1 Å². The number of rotatable bonds is 4. The Labute approximate surface area is 143 Å².